The zero-order chi connectivity index (χ0) is 27.2. The molecule has 0 unspecified atom stereocenters. The van der Waals surface area contributed by atoms with Gasteiger partial charge in [-0.25, -0.2) is 13.1 Å². The number of alkyl halides is 3. The van der Waals surface area contributed by atoms with Crippen LogP contribution in [0.3, 0.4) is 0 Å². The van der Waals surface area contributed by atoms with E-state index in [1.165, 1.54) is 19.1 Å². The number of carbonyl (C=O) groups excluding carboxylic acids is 1. The number of benzene rings is 1. The Kier molecular flexibility index (Phi) is 13.4. The maximum absolute atomic E-state index is 13.1. The molecule has 0 bridgehead atoms. The van der Waals surface area contributed by atoms with Crippen LogP contribution in [0.15, 0.2) is 18.2 Å². The fraction of sp³-hybridized carbons (Fsp3) is 0.680. The van der Waals surface area contributed by atoms with E-state index in [0.29, 0.717) is 25.5 Å². The molecule has 204 valence electrons. The quantitative estimate of drug-likeness (QED) is 0.229. The average molecular weight is 534 g/mol. The van der Waals surface area contributed by atoms with E-state index in [4.69, 9.17) is 5.26 Å². The number of unbranched alkanes of at least 4 members (excludes halogenated alkanes) is 8. The number of nitriles is 1. The van der Waals surface area contributed by atoms with Crippen molar-refractivity contribution in [3.63, 3.8) is 0 Å². The number of anilines is 1. The second-order valence-corrected chi connectivity index (χ2v) is 11.2. The van der Waals surface area contributed by atoms with Crippen LogP contribution in [0.4, 0.5) is 18.9 Å². The molecule has 0 aliphatic rings. The second kappa shape index (κ2) is 15.2. The SMILES string of the molecule is CCCCNS(=O)(=O)CCCCCCCCCC[C@](C)(O)C(=O)Nc1ccc(C#N)c(C(F)(F)F)c1. The highest BCUT2D eigenvalue weighted by atomic mass is 32.2. The van der Waals surface area contributed by atoms with Crippen molar-refractivity contribution < 1.29 is 31.5 Å². The van der Waals surface area contributed by atoms with E-state index >= 15 is 0 Å². The molecule has 36 heavy (non-hydrogen) atoms. The van der Waals surface area contributed by atoms with Crippen molar-refractivity contribution >= 4 is 21.6 Å². The van der Waals surface area contributed by atoms with Gasteiger partial charge in [-0.15, -0.1) is 0 Å². The predicted molar refractivity (Wildman–Crippen MR) is 134 cm³/mol. The monoisotopic (exact) mass is 533 g/mol. The van der Waals surface area contributed by atoms with Gasteiger partial charge in [-0.1, -0.05) is 58.3 Å². The third-order valence-corrected chi connectivity index (χ3v) is 7.34. The molecular formula is C25H38F3N3O4S. The lowest BCUT2D eigenvalue weighted by Gasteiger charge is -2.22. The minimum atomic E-state index is -4.74. The molecule has 7 nitrogen and oxygen atoms in total. The van der Waals surface area contributed by atoms with Crippen LogP contribution in [0.1, 0.15) is 95.6 Å². The molecule has 1 atom stereocenters. The van der Waals surface area contributed by atoms with Gasteiger partial charge < -0.3 is 10.4 Å². The molecule has 1 aromatic carbocycles. The third-order valence-electron chi connectivity index (χ3n) is 5.87. The Labute approximate surface area is 212 Å². The van der Waals surface area contributed by atoms with E-state index < -0.39 is 38.8 Å². The molecule has 3 N–H and O–H groups in total. The molecule has 0 aliphatic carbocycles. The summed E-state index contributed by atoms with van der Waals surface area (Å²) in [5.41, 5.74) is -3.58. The van der Waals surface area contributed by atoms with Gasteiger partial charge in [0.1, 0.15) is 5.60 Å². The zero-order valence-electron chi connectivity index (χ0n) is 21.1. The second-order valence-electron chi connectivity index (χ2n) is 9.24. The average Bonchev–Trinajstić information content (AvgIpc) is 2.79. The van der Waals surface area contributed by atoms with Crippen LogP contribution >= 0.6 is 0 Å². The van der Waals surface area contributed by atoms with Crippen LogP contribution in [0, 0.1) is 11.3 Å². The number of nitrogens with one attached hydrogen (secondary N) is 2. The van der Waals surface area contributed by atoms with Gasteiger partial charge in [0.2, 0.25) is 10.0 Å². The number of halogens is 3. The molecule has 0 radical (unpaired) electrons. The number of carbonyl (C=O) groups is 1. The Balaban J connectivity index is 2.28. The van der Waals surface area contributed by atoms with Crippen LogP contribution in [-0.2, 0) is 21.0 Å². The largest absolute Gasteiger partial charge is 0.417 e. The summed E-state index contributed by atoms with van der Waals surface area (Å²) >= 11 is 0. The Morgan fingerprint density at radius 3 is 2.17 bits per heavy atom. The van der Waals surface area contributed by atoms with Gasteiger partial charge in [0.15, 0.2) is 0 Å². The maximum atomic E-state index is 13.1. The van der Waals surface area contributed by atoms with E-state index in [1.54, 1.807) is 0 Å². The molecular weight excluding hydrogens is 495 g/mol. The van der Waals surface area contributed by atoms with Crippen LogP contribution in [-0.4, -0.2) is 37.3 Å². The molecule has 1 aromatic rings. The molecule has 0 saturated heterocycles. The maximum Gasteiger partial charge on any atom is 0.417 e. The topological polar surface area (TPSA) is 119 Å². The lowest BCUT2D eigenvalue weighted by molar-refractivity contribution is -0.138. The van der Waals surface area contributed by atoms with Crippen molar-refractivity contribution in [3.05, 3.63) is 29.3 Å². The molecule has 0 saturated carbocycles. The van der Waals surface area contributed by atoms with E-state index in [1.807, 2.05) is 6.92 Å². The van der Waals surface area contributed by atoms with Crippen molar-refractivity contribution in [3.8, 4) is 6.07 Å². The summed E-state index contributed by atoms with van der Waals surface area (Å²) in [7, 11) is -3.18. The highest BCUT2D eigenvalue weighted by Gasteiger charge is 2.35. The van der Waals surface area contributed by atoms with Gasteiger partial charge >= 0.3 is 6.18 Å². The van der Waals surface area contributed by atoms with Crippen LogP contribution in [0.25, 0.3) is 0 Å². The van der Waals surface area contributed by atoms with Gasteiger partial charge in [-0.05, 0) is 44.4 Å². The highest BCUT2D eigenvalue weighted by molar-refractivity contribution is 7.89. The lowest BCUT2D eigenvalue weighted by atomic mass is 9.96. The Morgan fingerprint density at radius 2 is 1.61 bits per heavy atom. The summed E-state index contributed by atoms with van der Waals surface area (Å²) in [6.07, 6.45) is 3.80. The normalized spacial score (nSPS) is 13.7. The van der Waals surface area contributed by atoms with Gasteiger partial charge in [-0.2, -0.15) is 18.4 Å². The molecule has 11 heteroatoms. The lowest BCUT2D eigenvalue weighted by Crippen LogP contribution is -2.40. The molecule has 1 rings (SSSR count). The number of hydrogen-bond donors (Lipinski definition) is 3. The first-order valence-electron chi connectivity index (χ1n) is 12.4. The van der Waals surface area contributed by atoms with Gasteiger partial charge in [-0.3, -0.25) is 4.79 Å². The predicted octanol–water partition coefficient (Wildman–Crippen LogP) is 5.50. The summed E-state index contributed by atoms with van der Waals surface area (Å²) in [4.78, 5) is 12.4. The van der Waals surface area contributed by atoms with E-state index in [-0.39, 0.29) is 17.9 Å². The smallest absolute Gasteiger partial charge is 0.380 e. The standard InChI is InChI=1S/C25H38F3N3O4S/c1-3-4-16-30-36(34,35)17-12-10-8-6-5-7-9-11-15-24(2,33)23(32)31-21-14-13-20(19-29)22(18-21)25(26,27)28/h13-14,18,30,33H,3-12,15-17H2,1-2H3,(H,31,32)/t24-/m0/s1. The fourth-order valence-electron chi connectivity index (χ4n) is 3.63. The van der Waals surface area contributed by atoms with Crippen molar-refractivity contribution in [1.29, 1.82) is 5.26 Å². The molecule has 0 aromatic heterocycles. The fourth-order valence-corrected chi connectivity index (χ4v) is 4.82. The van der Waals surface area contributed by atoms with Crippen LogP contribution in [0.2, 0.25) is 0 Å². The van der Waals surface area contributed by atoms with Gasteiger partial charge in [0, 0.05) is 12.2 Å². The number of aliphatic hydroxyl groups is 1. The van der Waals surface area contributed by atoms with E-state index in [2.05, 4.69) is 10.0 Å². The minimum absolute atomic E-state index is 0.142. The van der Waals surface area contributed by atoms with Crippen LogP contribution in [0.5, 0.6) is 0 Å². The molecule has 1 amide bonds. The molecule has 0 aliphatic heterocycles. The number of hydrogen-bond acceptors (Lipinski definition) is 5. The first-order valence-corrected chi connectivity index (χ1v) is 14.1. The number of sulfonamides is 1. The van der Waals surface area contributed by atoms with Crippen molar-refractivity contribution in [1.82, 2.24) is 4.72 Å². The number of nitrogens with zero attached hydrogens (tertiary/aromatic N) is 1. The Hall–Kier alpha value is -2.16. The minimum Gasteiger partial charge on any atom is -0.380 e. The third kappa shape index (κ3) is 12.2. The summed E-state index contributed by atoms with van der Waals surface area (Å²) < 4.78 is 65.5. The van der Waals surface area contributed by atoms with Gasteiger partial charge in [0.05, 0.1) is 22.9 Å². The molecule has 0 fully saturated rings. The Morgan fingerprint density at radius 1 is 1.03 bits per heavy atom. The van der Waals surface area contributed by atoms with Gasteiger partial charge in [0.25, 0.3) is 5.91 Å². The van der Waals surface area contributed by atoms with Crippen molar-refractivity contribution in [2.45, 2.75) is 96.3 Å². The van der Waals surface area contributed by atoms with Crippen LogP contribution < -0.4 is 10.0 Å². The number of rotatable bonds is 17. The molecule has 0 spiro atoms. The first-order chi connectivity index (χ1) is 16.8. The van der Waals surface area contributed by atoms with E-state index in [0.717, 1.165) is 57.4 Å². The van der Waals surface area contributed by atoms with E-state index in [9.17, 15) is 31.5 Å². The zero-order valence-corrected chi connectivity index (χ0v) is 21.9. The highest BCUT2D eigenvalue weighted by Crippen LogP contribution is 2.33. The van der Waals surface area contributed by atoms with Crippen molar-refractivity contribution in [2.75, 3.05) is 17.6 Å². The molecule has 0 heterocycles. The Bertz CT molecular complexity index is 974. The van der Waals surface area contributed by atoms with Crippen molar-refractivity contribution in [2.24, 2.45) is 0 Å². The number of amides is 1. The summed E-state index contributed by atoms with van der Waals surface area (Å²) in [6.45, 7) is 3.81. The summed E-state index contributed by atoms with van der Waals surface area (Å²) in [5, 5.41) is 21.6. The summed E-state index contributed by atoms with van der Waals surface area (Å²) in [5.74, 6) is -0.659. The first kappa shape index (κ1) is 31.9. The summed E-state index contributed by atoms with van der Waals surface area (Å²) in [6, 6.07) is 4.34.